The summed E-state index contributed by atoms with van der Waals surface area (Å²) < 4.78 is 20.3. The lowest BCUT2D eigenvalue weighted by Crippen LogP contribution is -2.46. The molecule has 0 aromatic heterocycles. The molecule has 34 heavy (non-hydrogen) atoms. The SMILES string of the molecule is O=C(NCCC1OC(=O)C(CCNC(=O)OCc2ccccc2)OC1=O)OCC1=C=C=CC=C1. The second kappa shape index (κ2) is 12.7. The van der Waals surface area contributed by atoms with Crippen LogP contribution in [0.25, 0.3) is 0 Å². The zero-order valence-electron chi connectivity index (χ0n) is 18.3. The molecule has 10 nitrogen and oxygen atoms in total. The molecule has 3 rings (SSSR count). The molecule has 1 fully saturated rings. The van der Waals surface area contributed by atoms with E-state index in [4.69, 9.17) is 18.9 Å². The molecule has 1 aromatic rings. The van der Waals surface area contributed by atoms with Crippen molar-refractivity contribution in [2.45, 2.75) is 31.7 Å². The third-order valence-electron chi connectivity index (χ3n) is 4.68. The van der Waals surface area contributed by atoms with E-state index in [0.29, 0.717) is 5.57 Å². The van der Waals surface area contributed by atoms with Crippen molar-refractivity contribution in [3.63, 3.8) is 0 Å². The van der Waals surface area contributed by atoms with Crippen molar-refractivity contribution in [2.75, 3.05) is 19.7 Å². The third kappa shape index (κ3) is 8.02. The predicted molar refractivity (Wildman–Crippen MR) is 117 cm³/mol. The molecule has 0 saturated carbocycles. The monoisotopic (exact) mass is 468 g/mol. The summed E-state index contributed by atoms with van der Waals surface area (Å²) in [5.74, 6) is -1.44. The molecule has 178 valence electrons. The average Bonchev–Trinajstić information content (AvgIpc) is 2.85. The lowest BCUT2D eigenvalue weighted by Gasteiger charge is -2.27. The van der Waals surface area contributed by atoms with Crippen molar-refractivity contribution in [2.24, 2.45) is 0 Å². The van der Waals surface area contributed by atoms with Gasteiger partial charge in [0, 0.05) is 31.5 Å². The van der Waals surface area contributed by atoms with Crippen LogP contribution >= 0.6 is 0 Å². The Morgan fingerprint density at radius 2 is 1.47 bits per heavy atom. The molecule has 2 aliphatic rings. The predicted octanol–water partition coefficient (Wildman–Crippen LogP) is 2.06. The van der Waals surface area contributed by atoms with Crippen LogP contribution in [0.1, 0.15) is 18.4 Å². The van der Waals surface area contributed by atoms with Gasteiger partial charge in [0.15, 0.2) is 0 Å². The summed E-state index contributed by atoms with van der Waals surface area (Å²) in [4.78, 5) is 47.7. The molecule has 2 atom stereocenters. The number of rotatable bonds is 10. The standard InChI is InChI=1S/C24H24N2O8/c27-21-19(11-13-25-23(29)31-15-17-7-3-1-4-8-17)33-22(28)20(34-21)12-14-26-24(30)32-16-18-9-5-2-6-10-18/h1-5,7-9,19-20H,11-16H2,(H,25,29)(H,26,30). The Bertz CT molecular complexity index is 1040. The second-order valence-electron chi connectivity index (χ2n) is 7.24. The molecule has 0 bridgehead atoms. The van der Waals surface area contributed by atoms with E-state index in [1.165, 1.54) is 0 Å². The minimum atomic E-state index is -1.13. The molecule has 2 N–H and O–H groups in total. The van der Waals surface area contributed by atoms with Gasteiger partial charge in [-0.1, -0.05) is 47.9 Å². The van der Waals surface area contributed by atoms with Crippen molar-refractivity contribution in [1.82, 2.24) is 10.6 Å². The van der Waals surface area contributed by atoms with Crippen LogP contribution in [0, 0.1) is 0 Å². The summed E-state index contributed by atoms with van der Waals surface area (Å²) in [5, 5.41) is 4.96. The van der Waals surface area contributed by atoms with Crippen LogP contribution in [0.5, 0.6) is 0 Å². The lowest BCUT2D eigenvalue weighted by molar-refractivity contribution is -0.195. The normalized spacial score (nSPS) is 18.4. The summed E-state index contributed by atoms with van der Waals surface area (Å²) in [6.45, 7) is 0.226. The Morgan fingerprint density at radius 1 is 0.882 bits per heavy atom. The van der Waals surface area contributed by atoms with Gasteiger partial charge in [0.05, 0.1) is 0 Å². The minimum absolute atomic E-state index is 0.0269. The van der Waals surface area contributed by atoms with Crippen molar-refractivity contribution in [3.8, 4) is 0 Å². The van der Waals surface area contributed by atoms with Crippen LogP contribution in [0.3, 0.4) is 0 Å². The highest BCUT2D eigenvalue weighted by Crippen LogP contribution is 2.15. The van der Waals surface area contributed by atoms with Gasteiger partial charge in [0.2, 0.25) is 12.2 Å². The quantitative estimate of drug-likeness (QED) is 0.303. The number of ether oxygens (including phenoxy) is 4. The van der Waals surface area contributed by atoms with E-state index in [1.54, 1.807) is 18.2 Å². The highest BCUT2D eigenvalue weighted by atomic mass is 16.6. The number of carbonyl (C=O) groups excluding carboxylic acids is 4. The van der Waals surface area contributed by atoms with Gasteiger partial charge >= 0.3 is 24.1 Å². The summed E-state index contributed by atoms with van der Waals surface area (Å²) in [7, 11) is 0. The van der Waals surface area contributed by atoms with Crippen LogP contribution < -0.4 is 10.6 Å². The highest BCUT2D eigenvalue weighted by Gasteiger charge is 2.37. The molecule has 1 aliphatic heterocycles. The molecule has 0 radical (unpaired) electrons. The van der Waals surface area contributed by atoms with Gasteiger partial charge in [-0.2, -0.15) is 0 Å². The number of cyclic esters (lactones) is 2. The molecule has 2 amide bonds. The van der Waals surface area contributed by atoms with Crippen molar-refractivity contribution < 1.29 is 38.1 Å². The molecule has 1 aliphatic carbocycles. The first-order valence-corrected chi connectivity index (χ1v) is 10.6. The van der Waals surface area contributed by atoms with Crippen molar-refractivity contribution in [3.05, 3.63) is 71.2 Å². The van der Waals surface area contributed by atoms with Crippen LogP contribution in [-0.4, -0.2) is 56.0 Å². The molecular weight excluding hydrogens is 444 g/mol. The van der Waals surface area contributed by atoms with E-state index in [0.717, 1.165) is 5.56 Å². The minimum Gasteiger partial charge on any atom is -0.448 e. The van der Waals surface area contributed by atoms with Gasteiger partial charge in [-0.05, 0) is 17.7 Å². The summed E-state index contributed by atoms with van der Waals surface area (Å²) >= 11 is 0. The number of alkyl carbamates (subject to hydrolysis) is 2. The van der Waals surface area contributed by atoms with E-state index >= 15 is 0 Å². The zero-order chi connectivity index (χ0) is 24.2. The molecule has 2 unspecified atom stereocenters. The number of esters is 2. The van der Waals surface area contributed by atoms with Crippen molar-refractivity contribution >= 4 is 24.1 Å². The van der Waals surface area contributed by atoms with Crippen LogP contribution in [0.15, 0.2) is 65.6 Å². The molecular formula is C24H24N2O8. The maximum atomic E-state index is 12.1. The maximum Gasteiger partial charge on any atom is 0.407 e. The lowest BCUT2D eigenvalue weighted by atomic mass is 10.2. The third-order valence-corrected chi connectivity index (χ3v) is 4.68. The van der Waals surface area contributed by atoms with Gasteiger partial charge < -0.3 is 29.6 Å². The summed E-state index contributed by atoms with van der Waals surface area (Å²) in [6.07, 6.45) is 1.63. The molecule has 1 saturated heterocycles. The molecule has 1 heterocycles. The number of benzene rings is 1. The zero-order valence-corrected chi connectivity index (χ0v) is 18.3. The Balaban J connectivity index is 1.29. The second-order valence-corrected chi connectivity index (χ2v) is 7.24. The Labute approximate surface area is 195 Å². The highest BCUT2D eigenvalue weighted by molar-refractivity contribution is 5.87. The Kier molecular flexibility index (Phi) is 9.10. The number of carbonyl (C=O) groups is 4. The van der Waals surface area contributed by atoms with Crippen LogP contribution in [0.2, 0.25) is 0 Å². The maximum absolute atomic E-state index is 12.1. The first-order chi connectivity index (χ1) is 16.5. The topological polar surface area (TPSA) is 129 Å². The Morgan fingerprint density at radius 3 is 2.03 bits per heavy atom. The van der Waals surface area contributed by atoms with Gasteiger partial charge in [-0.25, -0.2) is 19.2 Å². The number of amides is 2. The number of nitrogens with one attached hydrogen (secondary N) is 2. The van der Waals surface area contributed by atoms with E-state index in [-0.39, 0.29) is 39.1 Å². The largest absolute Gasteiger partial charge is 0.448 e. The van der Waals surface area contributed by atoms with E-state index in [9.17, 15) is 19.2 Å². The molecule has 0 spiro atoms. The Hall–Kier alpha value is -4.26. The fraction of sp³-hybridized carbons (Fsp3) is 0.333. The van der Waals surface area contributed by atoms with Crippen LogP contribution in [0.4, 0.5) is 9.59 Å². The fourth-order valence-electron chi connectivity index (χ4n) is 2.93. The smallest absolute Gasteiger partial charge is 0.407 e. The summed E-state index contributed by atoms with van der Waals surface area (Å²) in [6, 6.07) is 9.16. The van der Waals surface area contributed by atoms with Gasteiger partial charge in [-0.3, -0.25) is 0 Å². The number of allylic oxidation sites excluding steroid dienone is 2. The fourth-order valence-corrected chi connectivity index (χ4v) is 2.93. The van der Waals surface area contributed by atoms with Crippen LogP contribution in [-0.2, 0) is 35.1 Å². The van der Waals surface area contributed by atoms with E-state index in [2.05, 4.69) is 22.1 Å². The first kappa shape index (κ1) is 24.4. The molecule has 10 heteroatoms. The number of hydrogen-bond donors (Lipinski definition) is 2. The summed E-state index contributed by atoms with van der Waals surface area (Å²) in [5.41, 5.74) is 7.05. The van der Waals surface area contributed by atoms with Gasteiger partial charge in [-0.15, -0.1) is 0 Å². The average molecular weight is 468 g/mol. The molecule has 1 aromatic carbocycles. The van der Waals surface area contributed by atoms with Gasteiger partial charge in [0.25, 0.3) is 0 Å². The van der Waals surface area contributed by atoms with Gasteiger partial charge in [0.1, 0.15) is 13.2 Å². The first-order valence-electron chi connectivity index (χ1n) is 10.6. The van der Waals surface area contributed by atoms with Crippen molar-refractivity contribution in [1.29, 1.82) is 0 Å². The number of hydrogen-bond acceptors (Lipinski definition) is 8. The van der Waals surface area contributed by atoms with E-state index in [1.807, 2.05) is 30.3 Å². The van der Waals surface area contributed by atoms with E-state index < -0.39 is 36.3 Å².